The summed E-state index contributed by atoms with van der Waals surface area (Å²) in [6.45, 7) is 3.13. The molecule has 2 atom stereocenters. The van der Waals surface area contributed by atoms with Gasteiger partial charge in [-0.2, -0.15) is 0 Å². The SMILES string of the molecule is CC(=O)C[C@H](NC(=O)CC(=O)N1CCCC1CCc1ccc2c(n1)NCCC2)c1cccnc1. The highest BCUT2D eigenvalue weighted by atomic mass is 16.2. The Morgan fingerprint density at radius 3 is 2.91 bits per heavy atom. The average molecular weight is 464 g/mol. The van der Waals surface area contributed by atoms with Crippen molar-refractivity contribution in [3.8, 4) is 0 Å². The smallest absolute Gasteiger partial charge is 0.232 e. The molecule has 0 aliphatic carbocycles. The molecule has 180 valence electrons. The average Bonchev–Trinajstić information content (AvgIpc) is 3.31. The number of likely N-dealkylation sites (tertiary alicyclic amines) is 1. The minimum absolute atomic E-state index is 0.0360. The first kappa shape index (κ1) is 23.9. The minimum Gasteiger partial charge on any atom is -0.370 e. The molecule has 0 saturated carbocycles. The van der Waals surface area contributed by atoms with Crippen LogP contribution >= 0.6 is 0 Å². The molecule has 4 rings (SSSR count). The number of nitrogens with one attached hydrogen (secondary N) is 2. The van der Waals surface area contributed by atoms with Crippen molar-refractivity contribution < 1.29 is 14.4 Å². The highest BCUT2D eigenvalue weighted by Gasteiger charge is 2.30. The van der Waals surface area contributed by atoms with E-state index in [9.17, 15) is 14.4 Å². The van der Waals surface area contributed by atoms with Gasteiger partial charge in [0.2, 0.25) is 11.8 Å². The van der Waals surface area contributed by atoms with Crippen molar-refractivity contribution in [1.82, 2.24) is 20.2 Å². The summed E-state index contributed by atoms with van der Waals surface area (Å²) in [4.78, 5) is 48.0. The summed E-state index contributed by atoms with van der Waals surface area (Å²) >= 11 is 0. The Morgan fingerprint density at radius 1 is 1.24 bits per heavy atom. The van der Waals surface area contributed by atoms with Crippen molar-refractivity contribution in [2.75, 3.05) is 18.4 Å². The van der Waals surface area contributed by atoms with Gasteiger partial charge < -0.3 is 15.5 Å². The zero-order valence-corrected chi connectivity index (χ0v) is 19.8. The number of aromatic nitrogens is 2. The summed E-state index contributed by atoms with van der Waals surface area (Å²) in [5.41, 5.74) is 3.06. The van der Waals surface area contributed by atoms with Gasteiger partial charge in [0.05, 0.1) is 6.04 Å². The van der Waals surface area contributed by atoms with Crippen LogP contribution in [0.1, 0.15) is 68.3 Å². The van der Waals surface area contributed by atoms with E-state index in [2.05, 4.69) is 27.8 Å². The third kappa shape index (κ3) is 6.18. The Labute approximate surface area is 200 Å². The maximum atomic E-state index is 13.0. The van der Waals surface area contributed by atoms with E-state index >= 15 is 0 Å². The number of anilines is 1. The maximum Gasteiger partial charge on any atom is 0.232 e. The van der Waals surface area contributed by atoms with Gasteiger partial charge in [0.1, 0.15) is 18.0 Å². The van der Waals surface area contributed by atoms with Gasteiger partial charge in [0.15, 0.2) is 0 Å². The van der Waals surface area contributed by atoms with Crippen molar-refractivity contribution >= 4 is 23.4 Å². The molecule has 34 heavy (non-hydrogen) atoms. The molecule has 0 spiro atoms. The molecule has 2 aromatic heterocycles. The minimum atomic E-state index is -0.482. The van der Waals surface area contributed by atoms with Crippen LogP contribution in [0.3, 0.4) is 0 Å². The number of fused-ring (bicyclic) bond motifs is 1. The van der Waals surface area contributed by atoms with Crippen LogP contribution in [0.15, 0.2) is 36.7 Å². The molecule has 1 saturated heterocycles. The van der Waals surface area contributed by atoms with E-state index in [-0.39, 0.29) is 36.5 Å². The van der Waals surface area contributed by atoms with Gasteiger partial charge in [0.25, 0.3) is 0 Å². The number of aryl methyl sites for hydroxylation is 2. The van der Waals surface area contributed by atoms with Crippen molar-refractivity contribution in [3.05, 3.63) is 53.5 Å². The number of pyridine rings is 2. The van der Waals surface area contributed by atoms with Crippen LogP contribution in [0.4, 0.5) is 5.82 Å². The first-order chi connectivity index (χ1) is 16.5. The zero-order chi connectivity index (χ0) is 23.9. The lowest BCUT2D eigenvalue weighted by atomic mass is 10.0. The third-order valence-corrected chi connectivity index (χ3v) is 6.61. The Balaban J connectivity index is 1.31. The maximum absolute atomic E-state index is 13.0. The fourth-order valence-corrected chi connectivity index (χ4v) is 4.89. The monoisotopic (exact) mass is 463 g/mol. The van der Waals surface area contributed by atoms with Gasteiger partial charge in [-0.15, -0.1) is 0 Å². The van der Waals surface area contributed by atoms with Gasteiger partial charge in [-0.1, -0.05) is 12.1 Å². The Bertz CT molecular complexity index is 1030. The summed E-state index contributed by atoms with van der Waals surface area (Å²) < 4.78 is 0. The summed E-state index contributed by atoms with van der Waals surface area (Å²) in [5, 5.41) is 6.23. The lowest BCUT2D eigenvalue weighted by molar-refractivity contribution is -0.137. The Morgan fingerprint density at radius 2 is 2.12 bits per heavy atom. The summed E-state index contributed by atoms with van der Waals surface area (Å²) in [6.07, 6.45) is 8.96. The molecule has 2 aliphatic heterocycles. The third-order valence-electron chi connectivity index (χ3n) is 6.61. The number of ketones is 1. The highest BCUT2D eigenvalue weighted by molar-refractivity contribution is 5.97. The lowest BCUT2D eigenvalue weighted by Crippen LogP contribution is -2.40. The fraction of sp³-hybridized carbons (Fsp3) is 0.500. The zero-order valence-electron chi connectivity index (χ0n) is 19.8. The predicted molar refractivity (Wildman–Crippen MR) is 129 cm³/mol. The summed E-state index contributed by atoms with van der Waals surface area (Å²) in [5.74, 6) is 0.431. The van der Waals surface area contributed by atoms with E-state index in [1.165, 1.54) is 12.5 Å². The quantitative estimate of drug-likeness (QED) is 0.554. The molecule has 1 unspecified atom stereocenters. The molecule has 2 N–H and O–H groups in total. The standard InChI is InChI=1S/C26H33N5O3/c1-18(32)15-23(20-6-2-12-27-17-20)30-24(33)16-25(34)31-14-4-7-22(31)11-10-21-9-8-19-5-3-13-28-26(19)29-21/h2,6,8-9,12,17,22-23H,3-5,7,10-11,13-16H2,1H3,(H,28,29)(H,30,33)/t22?,23-/m0/s1. The topological polar surface area (TPSA) is 104 Å². The molecular formula is C26H33N5O3. The molecule has 8 heteroatoms. The number of nitrogens with zero attached hydrogens (tertiary/aromatic N) is 3. The summed E-state index contributed by atoms with van der Waals surface area (Å²) in [7, 11) is 0. The number of carbonyl (C=O) groups excluding carboxylic acids is 3. The normalized spacial score (nSPS) is 18.0. The van der Waals surface area contributed by atoms with E-state index in [4.69, 9.17) is 4.98 Å². The summed E-state index contributed by atoms with van der Waals surface area (Å²) in [6, 6.07) is 7.48. The van der Waals surface area contributed by atoms with Crippen molar-refractivity contribution in [2.24, 2.45) is 0 Å². The number of rotatable bonds is 9. The first-order valence-corrected chi connectivity index (χ1v) is 12.2. The second-order valence-electron chi connectivity index (χ2n) is 9.25. The second kappa shape index (κ2) is 11.2. The van der Waals surface area contributed by atoms with E-state index in [0.717, 1.165) is 62.1 Å². The molecule has 1 fully saturated rings. The Kier molecular flexibility index (Phi) is 7.87. The fourth-order valence-electron chi connectivity index (χ4n) is 4.89. The number of Topliss-reactive ketones (excluding diaryl/α,β-unsaturated/α-hetero) is 1. The van der Waals surface area contributed by atoms with Crippen LogP contribution in [0.25, 0.3) is 0 Å². The van der Waals surface area contributed by atoms with E-state index < -0.39 is 6.04 Å². The van der Waals surface area contributed by atoms with Crippen LogP contribution < -0.4 is 10.6 Å². The molecule has 2 aromatic rings. The van der Waals surface area contributed by atoms with Crippen molar-refractivity contribution in [1.29, 1.82) is 0 Å². The molecule has 0 aromatic carbocycles. The largest absolute Gasteiger partial charge is 0.370 e. The van der Waals surface area contributed by atoms with Gasteiger partial charge in [-0.3, -0.25) is 19.4 Å². The molecular weight excluding hydrogens is 430 g/mol. The Hall–Kier alpha value is -3.29. The van der Waals surface area contributed by atoms with Crippen LogP contribution in [-0.2, 0) is 27.2 Å². The molecule has 2 aliphatic rings. The molecule has 8 nitrogen and oxygen atoms in total. The molecule has 4 heterocycles. The first-order valence-electron chi connectivity index (χ1n) is 12.2. The van der Waals surface area contributed by atoms with Crippen LogP contribution in [-0.4, -0.2) is 51.6 Å². The van der Waals surface area contributed by atoms with Gasteiger partial charge in [0, 0.05) is 43.6 Å². The van der Waals surface area contributed by atoms with Gasteiger partial charge >= 0.3 is 0 Å². The van der Waals surface area contributed by atoms with E-state index in [1.807, 2.05) is 11.0 Å². The number of amides is 2. The van der Waals surface area contributed by atoms with E-state index in [1.54, 1.807) is 18.5 Å². The van der Waals surface area contributed by atoms with Crippen LogP contribution in [0, 0.1) is 0 Å². The molecule has 0 radical (unpaired) electrons. The number of hydrogen-bond acceptors (Lipinski definition) is 6. The molecule has 0 bridgehead atoms. The number of hydrogen-bond donors (Lipinski definition) is 2. The van der Waals surface area contributed by atoms with Gasteiger partial charge in [-0.25, -0.2) is 4.98 Å². The van der Waals surface area contributed by atoms with Crippen molar-refractivity contribution in [2.45, 2.75) is 70.4 Å². The van der Waals surface area contributed by atoms with Crippen molar-refractivity contribution in [3.63, 3.8) is 0 Å². The van der Waals surface area contributed by atoms with Gasteiger partial charge in [-0.05, 0) is 68.7 Å². The van der Waals surface area contributed by atoms with Crippen LogP contribution in [0.2, 0.25) is 0 Å². The number of carbonyl (C=O) groups is 3. The molecule has 2 amide bonds. The lowest BCUT2D eigenvalue weighted by Gasteiger charge is -2.25. The highest BCUT2D eigenvalue weighted by Crippen LogP contribution is 2.25. The predicted octanol–water partition coefficient (Wildman–Crippen LogP) is 2.99. The van der Waals surface area contributed by atoms with Crippen LogP contribution in [0.5, 0.6) is 0 Å². The second-order valence-corrected chi connectivity index (χ2v) is 9.25. The van der Waals surface area contributed by atoms with E-state index in [0.29, 0.717) is 6.54 Å².